The number of ether oxygens (including phenoxy) is 1. The third kappa shape index (κ3) is 3.43. The van der Waals surface area contributed by atoms with Crippen LogP contribution in [0.5, 0.6) is 0 Å². The molecule has 1 saturated carbocycles. The molecule has 2 saturated heterocycles. The van der Waals surface area contributed by atoms with Crippen molar-refractivity contribution in [2.45, 2.75) is 20.8 Å². The maximum absolute atomic E-state index is 14.2. The van der Waals surface area contributed by atoms with Crippen LogP contribution in [0.4, 0.5) is 22.7 Å². The number of nitro benzene ring substituents is 2. The fourth-order valence-corrected chi connectivity index (χ4v) is 7.90. The minimum absolute atomic E-state index is 0.0158. The molecule has 2 aromatic rings. The summed E-state index contributed by atoms with van der Waals surface area (Å²) >= 11 is 0. The number of carbonyl (C=O) groups excluding carboxylic acids is 5. The Labute approximate surface area is 243 Å². The molecule has 220 valence electrons. The van der Waals surface area contributed by atoms with Crippen molar-refractivity contribution in [3.05, 3.63) is 79.9 Å². The van der Waals surface area contributed by atoms with E-state index in [0.29, 0.717) is 5.57 Å². The number of nitrogens with zero attached hydrogens (tertiary/aromatic N) is 4. The number of para-hydroxylation sites is 4. The molecule has 3 aliphatic carbocycles. The molecule has 0 N–H and O–H groups in total. The fraction of sp³-hybridized carbons (Fsp3) is 0.345. The molecule has 2 aliphatic heterocycles. The summed E-state index contributed by atoms with van der Waals surface area (Å²) in [5.41, 5.74) is -3.01. The maximum Gasteiger partial charge on any atom is 0.334 e. The van der Waals surface area contributed by atoms with Gasteiger partial charge in [0.15, 0.2) is 0 Å². The van der Waals surface area contributed by atoms with E-state index in [1.54, 1.807) is 13.8 Å². The van der Waals surface area contributed by atoms with Gasteiger partial charge in [0, 0.05) is 29.0 Å². The van der Waals surface area contributed by atoms with Gasteiger partial charge in [0.2, 0.25) is 23.6 Å². The lowest BCUT2D eigenvalue weighted by molar-refractivity contribution is -0.384. The Morgan fingerprint density at radius 3 is 1.60 bits per heavy atom. The summed E-state index contributed by atoms with van der Waals surface area (Å²) in [6.07, 6.45) is 0. The highest BCUT2D eigenvalue weighted by atomic mass is 16.6. The van der Waals surface area contributed by atoms with Gasteiger partial charge in [-0.15, -0.1) is 0 Å². The van der Waals surface area contributed by atoms with Gasteiger partial charge in [-0.1, -0.05) is 36.8 Å². The van der Waals surface area contributed by atoms with Gasteiger partial charge in [0.1, 0.15) is 11.4 Å². The predicted molar refractivity (Wildman–Crippen MR) is 146 cm³/mol. The van der Waals surface area contributed by atoms with Gasteiger partial charge >= 0.3 is 5.97 Å². The summed E-state index contributed by atoms with van der Waals surface area (Å²) in [6.45, 7) is 4.53. The number of benzene rings is 2. The summed E-state index contributed by atoms with van der Waals surface area (Å²) in [7, 11) is 0. The first-order valence-corrected chi connectivity index (χ1v) is 13.5. The number of allylic oxidation sites excluding steroid dienone is 1. The number of carbonyl (C=O) groups is 5. The summed E-state index contributed by atoms with van der Waals surface area (Å²) in [6, 6.07) is 10.4. The highest BCUT2D eigenvalue weighted by Crippen LogP contribution is 2.69. The molecular weight excluding hydrogens is 564 g/mol. The number of anilines is 2. The maximum atomic E-state index is 14.2. The Kier molecular flexibility index (Phi) is 6.08. The average Bonchev–Trinajstić information content (AvgIpc) is 3.39. The van der Waals surface area contributed by atoms with Gasteiger partial charge in [-0.05, 0) is 26.0 Å². The van der Waals surface area contributed by atoms with Crippen LogP contribution in [0.25, 0.3) is 0 Å². The molecule has 0 aromatic heterocycles. The second-order valence-electron chi connectivity index (χ2n) is 11.1. The minimum atomic E-state index is -1.77. The molecule has 43 heavy (non-hydrogen) atoms. The number of imide groups is 2. The largest absolute Gasteiger partial charge is 0.463 e. The van der Waals surface area contributed by atoms with E-state index in [1.807, 2.05) is 0 Å². The standard InChI is InChI=1S/C29H24N4O10/c1-4-43-28(38)21-13(2)18-19-22(26(36)30(24(19)34)14-9-5-7-11-16(14)32(39)40)29(21,3)23-20(18)25(35)31(27(23)37)15-10-6-8-12-17(15)33(41)42/h5-12,18-20,22-23H,4H2,1-3H3/t18?,19-,20-,22-,23+,29?/m1/s1. The molecule has 2 aromatic carbocycles. The van der Waals surface area contributed by atoms with Crippen LogP contribution in [0.1, 0.15) is 20.8 Å². The molecule has 14 heteroatoms. The van der Waals surface area contributed by atoms with Gasteiger partial charge in [-0.2, -0.15) is 0 Å². The Morgan fingerprint density at radius 2 is 1.21 bits per heavy atom. The van der Waals surface area contributed by atoms with Gasteiger partial charge < -0.3 is 4.74 Å². The highest BCUT2D eigenvalue weighted by Gasteiger charge is 2.77. The van der Waals surface area contributed by atoms with Crippen LogP contribution in [0.3, 0.4) is 0 Å². The summed E-state index contributed by atoms with van der Waals surface area (Å²) < 4.78 is 5.32. The Hall–Kier alpha value is -5.27. The van der Waals surface area contributed by atoms with E-state index >= 15 is 0 Å². The van der Waals surface area contributed by atoms with Crippen LogP contribution in [-0.4, -0.2) is 46.1 Å². The average molecular weight is 589 g/mol. The number of hydrogen-bond acceptors (Lipinski definition) is 10. The first-order chi connectivity index (χ1) is 20.4. The number of nitro groups is 2. The Bertz CT molecular complexity index is 1630. The zero-order valence-electron chi connectivity index (χ0n) is 23.1. The van der Waals surface area contributed by atoms with E-state index in [9.17, 15) is 44.2 Å². The van der Waals surface area contributed by atoms with E-state index in [2.05, 4.69) is 0 Å². The number of esters is 1. The predicted octanol–water partition coefficient (Wildman–Crippen LogP) is 2.94. The molecule has 5 aliphatic rings. The van der Waals surface area contributed by atoms with Crippen LogP contribution >= 0.6 is 0 Å². The zero-order valence-corrected chi connectivity index (χ0v) is 23.1. The second-order valence-corrected chi connectivity index (χ2v) is 11.1. The van der Waals surface area contributed by atoms with Crippen molar-refractivity contribution in [1.29, 1.82) is 0 Å². The van der Waals surface area contributed by atoms with E-state index < -0.39 is 85.8 Å². The molecule has 0 spiro atoms. The topological polar surface area (TPSA) is 187 Å². The van der Waals surface area contributed by atoms with Crippen molar-refractivity contribution in [2.24, 2.45) is 35.0 Å². The molecule has 7 rings (SSSR count). The van der Waals surface area contributed by atoms with Crippen LogP contribution in [0.15, 0.2) is 59.7 Å². The van der Waals surface area contributed by atoms with Gasteiger partial charge in [-0.25, -0.2) is 14.6 Å². The zero-order chi connectivity index (χ0) is 31.1. The molecule has 2 heterocycles. The van der Waals surface area contributed by atoms with Gasteiger partial charge in [-0.3, -0.25) is 39.4 Å². The minimum Gasteiger partial charge on any atom is -0.463 e. The quantitative estimate of drug-likeness (QED) is 0.210. The van der Waals surface area contributed by atoms with E-state index in [4.69, 9.17) is 4.74 Å². The second kappa shape index (κ2) is 9.37. The van der Waals surface area contributed by atoms with Crippen molar-refractivity contribution in [2.75, 3.05) is 16.4 Å². The molecule has 2 unspecified atom stereocenters. The van der Waals surface area contributed by atoms with Crippen molar-refractivity contribution in [3.63, 3.8) is 0 Å². The molecule has 2 bridgehead atoms. The molecule has 14 nitrogen and oxygen atoms in total. The first-order valence-electron chi connectivity index (χ1n) is 13.5. The monoisotopic (exact) mass is 588 g/mol. The molecule has 6 atom stereocenters. The van der Waals surface area contributed by atoms with Crippen LogP contribution in [0, 0.1) is 55.2 Å². The summed E-state index contributed by atoms with van der Waals surface area (Å²) in [5.74, 6) is -10.4. The number of rotatable bonds is 6. The fourth-order valence-electron chi connectivity index (χ4n) is 7.90. The summed E-state index contributed by atoms with van der Waals surface area (Å²) in [5, 5.41) is 23.6. The molecule has 3 fully saturated rings. The number of amides is 4. The van der Waals surface area contributed by atoms with E-state index in [1.165, 1.54) is 43.3 Å². The third-order valence-electron chi connectivity index (χ3n) is 9.32. The van der Waals surface area contributed by atoms with Crippen LogP contribution in [-0.2, 0) is 28.7 Å². The smallest absolute Gasteiger partial charge is 0.334 e. The molecule has 0 radical (unpaired) electrons. The van der Waals surface area contributed by atoms with Crippen LogP contribution in [0.2, 0.25) is 0 Å². The van der Waals surface area contributed by atoms with Crippen LogP contribution < -0.4 is 9.80 Å². The SMILES string of the molecule is CCOC(=O)C1=C(C)C2[C@H]3C(=O)N(c4ccccc4[N+](=O)[O-])C(=O)[C@H]3C1(C)[C@H]1C(=O)N(c3ccccc3[N+](=O)[O-])C(=O)[C@H]21. The lowest BCUT2D eigenvalue weighted by Gasteiger charge is -2.55. The van der Waals surface area contributed by atoms with Gasteiger partial charge in [0.25, 0.3) is 11.4 Å². The van der Waals surface area contributed by atoms with E-state index in [0.717, 1.165) is 21.9 Å². The van der Waals surface area contributed by atoms with Gasteiger partial charge in [0.05, 0.1) is 40.1 Å². The molecule has 4 amide bonds. The third-order valence-corrected chi connectivity index (χ3v) is 9.32. The van der Waals surface area contributed by atoms with E-state index in [-0.39, 0.29) is 23.6 Å². The Morgan fingerprint density at radius 1 is 0.791 bits per heavy atom. The lowest BCUT2D eigenvalue weighted by Crippen LogP contribution is -2.61. The van der Waals surface area contributed by atoms with Crippen molar-refractivity contribution >= 4 is 52.3 Å². The lowest BCUT2D eigenvalue weighted by atomic mass is 9.43. The first kappa shape index (κ1) is 27.9. The highest BCUT2D eigenvalue weighted by molar-refractivity contribution is 6.28. The summed E-state index contributed by atoms with van der Waals surface area (Å²) in [4.78, 5) is 93.8. The van der Waals surface area contributed by atoms with Crippen molar-refractivity contribution in [1.82, 2.24) is 0 Å². The molecular formula is C29H24N4O10. The Balaban J connectivity index is 1.57. The van der Waals surface area contributed by atoms with Crippen molar-refractivity contribution in [3.8, 4) is 0 Å². The van der Waals surface area contributed by atoms with Crippen molar-refractivity contribution < 1.29 is 38.6 Å². The number of hydrogen-bond donors (Lipinski definition) is 0. The normalized spacial score (nSPS) is 29.2.